The zero-order chi connectivity index (χ0) is 24.2. The van der Waals surface area contributed by atoms with Crippen molar-refractivity contribution in [2.75, 3.05) is 24.6 Å². The van der Waals surface area contributed by atoms with Crippen molar-refractivity contribution in [2.24, 2.45) is 10.1 Å². The van der Waals surface area contributed by atoms with Crippen molar-refractivity contribution in [3.63, 3.8) is 0 Å². The molecular formula is C27H27F2N5O. The van der Waals surface area contributed by atoms with E-state index in [1.807, 2.05) is 43.6 Å². The number of piperidine rings is 1. The van der Waals surface area contributed by atoms with Crippen molar-refractivity contribution >= 4 is 17.4 Å². The van der Waals surface area contributed by atoms with Crippen LogP contribution in [0.2, 0.25) is 0 Å². The molecule has 2 aliphatic rings. The van der Waals surface area contributed by atoms with Gasteiger partial charge in [-0.05, 0) is 43.0 Å². The van der Waals surface area contributed by atoms with Crippen molar-refractivity contribution in [1.29, 1.82) is 0 Å². The Bertz CT molecular complexity index is 1210. The third-order valence-electron chi connectivity index (χ3n) is 6.43. The fourth-order valence-electron chi connectivity index (χ4n) is 4.54. The van der Waals surface area contributed by atoms with Crippen LogP contribution < -0.4 is 4.90 Å². The molecule has 5 rings (SSSR count). The van der Waals surface area contributed by atoms with Crippen molar-refractivity contribution < 1.29 is 13.6 Å². The second kappa shape index (κ2) is 10.3. The van der Waals surface area contributed by atoms with Crippen LogP contribution in [0, 0.1) is 11.6 Å². The molecule has 2 aromatic carbocycles. The van der Waals surface area contributed by atoms with E-state index in [0.29, 0.717) is 24.7 Å². The lowest BCUT2D eigenvalue weighted by atomic mass is 10.0. The lowest BCUT2D eigenvalue weighted by Gasteiger charge is -2.27. The molecule has 0 spiro atoms. The second-order valence-electron chi connectivity index (χ2n) is 8.68. The first kappa shape index (κ1) is 23.1. The molecule has 2 aliphatic heterocycles. The fourth-order valence-corrected chi connectivity index (χ4v) is 4.54. The van der Waals surface area contributed by atoms with E-state index in [1.165, 1.54) is 18.2 Å². The maximum Gasteiger partial charge on any atom is 0.225 e. The first-order chi connectivity index (χ1) is 17.1. The number of hydrogen-bond acceptors (Lipinski definition) is 6. The Labute approximate surface area is 203 Å². The molecule has 8 heteroatoms. The van der Waals surface area contributed by atoms with Crippen molar-refractivity contribution in [3.8, 4) is 11.1 Å². The van der Waals surface area contributed by atoms with Gasteiger partial charge in [0.25, 0.3) is 0 Å². The van der Waals surface area contributed by atoms with E-state index in [9.17, 15) is 8.78 Å². The van der Waals surface area contributed by atoms with Crippen LogP contribution in [0.1, 0.15) is 49.8 Å². The molecule has 1 unspecified atom stereocenters. The Balaban J connectivity index is 1.25. The van der Waals surface area contributed by atoms with Crippen molar-refractivity contribution in [1.82, 2.24) is 9.97 Å². The molecule has 180 valence electrons. The summed E-state index contributed by atoms with van der Waals surface area (Å²) in [7, 11) is 0. The molecule has 0 bridgehead atoms. The lowest BCUT2D eigenvalue weighted by Crippen LogP contribution is -2.35. The van der Waals surface area contributed by atoms with Gasteiger partial charge in [0.2, 0.25) is 5.95 Å². The predicted molar refractivity (Wildman–Crippen MR) is 133 cm³/mol. The number of anilines is 1. The number of halogens is 2. The van der Waals surface area contributed by atoms with Crippen LogP contribution in [-0.4, -0.2) is 41.1 Å². The smallest absolute Gasteiger partial charge is 0.225 e. The van der Waals surface area contributed by atoms with E-state index in [0.717, 1.165) is 54.8 Å². The Morgan fingerprint density at radius 1 is 0.943 bits per heavy atom. The quantitative estimate of drug-likeness (QED) is 0.427. The summed E-state index contributed by atoms with van der Waals surface area (Å²) in [6, 6.07) is 11.9. The molecule has 0 aliphatic carbocycles. The van der Waals surface area contributed by atoms with Crippen molar-refractivity contribution in [3.05, 3.63) is 77.6 Å². The van der Waals surface area contributed by atoms with Crippen LogP contribution in [-0.2, 0) is 4.84 Å². The van der Waals surface area contributed by atoms with Gasteiger partial charge in [0.1, 0.15) is 18.2 Å². The molecule has 3 aromatic rings. The third-order valence-corrected chi connectivity index (χ3v) is 6.43. The molecule has 0 radical (unpaired) electrons. The van der Waals surface area contributed by atoms with E-state index in [4.69, 9.17) is 4.84 Å². The number of aliphatic imine (C=N–C) groups is 1. The highest BCUT2D eigenvalue weighted by Gasteiger charge is 2.24. The van der Waals surface area contributed by atoms with E-state index < -0.39 is 11.6 Å². The first-order valence-corrected chi connectivity index (χ1v) is 12.0. The average Bonchev–Trinajstić information content (AvgIpc) is 3.38. The van der Waals surface area contributed by atoms with Crippen LogP contribution in [0.3, 0.4) is 0 Å². The Morgan fingerprint density at radius 2 is 1.63 bits per heavy atom. The highest BCUT2D eigenvalue weighted by molar-refractivity contribution is 6.02. The molecule has 1 atom stereocenters. The summed E-state index contributed by atoms with van der Waals surface area (Å²) in [6.45, 7) is 4.15. The number of hydrogen-bond donors (Lipinski definition) is 0. The molecule has 6 nitrogen and oxygen atoms in total. The predicted octanol–water partition coefficient (Wildman–Crippen LogP) is 5.74. The van der Waals surface area contributed by atoms with Gasteiger partial charge in [-0.2, -0.15) is 0 Å². The van der Waals surface area contributed by atoms with Crippen LogP contribution in [0.5, 0.6) is 0 Å². The summed E-state index contributed by atoms with van der Waals surface area (Å²) in [5.74, 6) is -0.410. The summed E-state index contributed by atoms with van der Waals surface area (Å²) in [5.41, 5.74) is 4.53. The Morgan fingerprint density at radius 3 is 2.29 bits per heavy atom. The zero-order valence-corrected chi connectivity index (χ0v) is 19.6. The normalized spacial score (nSPS) is 17.9. The summed E-state index contributed by atoms with van der Waals surface area (Å²) in [4.78, 5) is 21.1. The maximum atomic E-state index is 14.1. The third kappa shape index (κ3) is 5.06. The minimum Gasteiger partial charge on any atom is -0.396 e. The molecule has 0 N–H and O–H groups in total. The number of benzene rings is 2. The number of oxime groups is 1. The topological polar surface area (TPSA) is 63.0 Å². The molecule has 0 saturated carbocycles. The van der Waals surface area contributed by atoms with Gasteiger partial charge in [-0.15, -0.1) is 0 Å². The highest BCUT2D eigenvalue weighted by atomic mass is 19.1. The highest BCUT2D eigenvalue weighted by Crippen LogP contribution is 2.33. The van der Waals surface area contributed by atoms with Gasteiger partial charge in [0.15, 0.2) is 0 Å². The van der Waals surface area contributed by atoms with Gasteiger partial charge in [-0.3, -0.25) is 4.99 Å². The van der Waals surface area contributed by atoms with Crippen LogP contribution in [0.4, 0.5) is 14.7 Å². The number of aromatic nitrogens is 2. The second-order valence-corrected chi connectivity index (χ2v) is 8.68. The fraction of sp³-hybridized carbons (Fsp3) is 0.333. The molecule has 1 aromatic heterocycles. The Hall–Kier alpha value is -3.68. The van der Waals surface area contributed by atoms with E-state index in [1.54, 1.807) is 0 Å². The Kier molecular flexibility index (Phi) is 6.79. The standard InChI is InChI=1S/C27H27F2N5O/c1-2-35-33-21-12-14-34(15-13-21)27-30-16-20(17-31-27)18-6-8-19(9-7-18)24-10-11-25(32-24)26-22(28)4-3-5-23(26)29/h3-9,16-17,24H,2,10-15H2,1H3. The summed E-state index contributed by atoms with van der Waals surface area (Å²) in [5, 5.41) is 4.15. The molecule has 0 amide bonds. The summed E-state index contributed by atoms with van der Waals surface area (Å²) < 4.78 is 28.3. The van der Waals surface area contributed by atoms with E-state index in [-0.39, 0.29) is 11.6 Å². The van der Waals surface area contributed by atoms with Crippen molar-refractivity contribution in [2.45, 2.75) is 38.6 Å². The van der Waals surface area contributed by atoms with Gasteiger partial charge in [0, 0.05) is 49.6 Å². The number of rotatable bonds is 6. The van der Waals surface area contributed by atoms with E-state index in [2.05, 4.69) is 25.0 Å². The number of nitrogens with zero attached hydrogens (tertiary/aromatic N) is 5. The minimum atomic E-state index is -0.563. The van der Waals surface area contributed by atoms with Gasteiger partial charge in [-0.1, -0.05) is 35.5 Å². The van der Waals surface area contributed by atoms with Gasteiger partial charge in [0.05, 0.1) is 17.3 Å². The average molecular weight is 476 g/mol. The largest absolute Gasteiger partial charge is 0.396 e. The molecule has 1 fully saturated rings. The summed E-state index contributed by atoms with van der Waals surface area (Å²) >= 11 is 0. The molecule has 1 saturated heterocycles. The molecular weight excluding hydrogens is 448 g/mol. The summed E-state index contributed by atoms with van der Waals surface area (Å²) in [6.07, 6.45) is 6.66. The van der Waals surface area contributed by atoms with Crippen LogP contribution in [0.25, 0.3) is 11.1 Å². The lowest BCUT2D eigenvalue weighted by molar-refractivity contribution is 0.157. The maximum absolute atomic E-state index is 14.1. The van der Waals surface area contributed by atoms with E-state index >= 15 is 0 Å². The molecule has 35 heavy (non-hydrogen) atoms. The zero-order valence-electron chi connectivity index (χ0n) is 19.6. The monoisotopic (exact) mass is 475 g/mol. The van der Waals surface area contributed by atoms with Crippen LogP contribution in [0.15, 0.2) is 65.0 Å². The van der Waals surface area contributed by atoms with Gasteiger partial charge >= 0.3 is 0 Å². The SMILES string of the molecule is CCON=C1CCN(c2ncc(-c3ccc(C4CCC(c5c(F)cccc5F)=N4)cc3)cn2)CC1. The van der Waals surface area contributed by atoms with Gasteiger partial charge in [-0.25, -0.2) is 18.7 Å². The first-order valence-electron chi connectivity index (χ1n) is 12.0. The molecule has 3 heterocycles. The van der Waals surface area contributed by atoms with Crippen LogP contribution >= 0.6 is 0 Å². The minimum absolute atomic E-state index is 0.00429. The van der Waals surface area contributed by atoms with Gasteiger partial charge < -0.3 is 9.74 Å².